The summed E-state index contributed by atoms with van der Waals surface area (Å²) in [6, 6.07) is 7.53. The van der Waals surface area contributed by atoms with Crippen molar-refractivity contribution in [2.75, 3.05) is 19.7 Å². The molecule has 1 aromatic carbocycles. The van der Waals surface area contributed by atoms with Crippen LogP contribution in [0.3, 0.4) is 0 Å². The summed E-state index contributed by atoms with van der Waals surface area (Å²) in [5.41, 5.74) is 0.905. The molecule has 0 aromatic heterocycles. The van der Waals surface area contributed by atoms with Gasteiger partial charge in [0.05, 0.1) is 6.10 Å². The van der Waals surface area contributed by atoms with Gasteiger partial charge in [0, 0.05) is 11.0 Å². The molecule has 0 heterocycles. The van der Waals surface area contributed by atoms with Crippen molar-refractivity contribution in [2.45, 2.75) is 25.9 Å². The summed E-state index contributed by atoms with van der Waals surface area (Å²) in [4.78, 5) is 0. The minimum Gasteiger partial charge on any atom is -0.366 e. The molecule has 1 unspecified atom stereocenters. The van der Waals surface area contributed by atoms with Gasteiger partial charge in [0.25, 0.3) is 6.43 Å². The molecule has 0 aliphatic rings. The summed E-state index contributed by atoms with van der Waals surface area (Å²) >= 11 is 3.34. The number of hydrogen-bond acceptors (Lipinski definition) is 2. The van der Waals surface area contributed by atoms with E-state index in [-0.39, 0.29) is 6.10 Å². The molecule has 102 valence electrons. The van der Waals surface area contributed by atoms with Crippen molar-refractivity contribution in [2.24, 2.45) is 0 Å². The van der Waals surface area contributed by atoms with Crippen LogP contribution in [0.4, 0.5) is 8.78 Å². The predicted octanol–water partition coefficient (Wildman–Crippen LogP) is 3.77. The first-order valence-electron chi connectivity index (χ1n) is 5.99. The molecule has 1 atom stereocenters. The second-order valence-electron chi connectivity index (χ2n) is 3.97. The Morgan fingerprint density at radius 1 is 1.28 bits per heavy atom. The average Bonchev–Trinajstić information content (AvgIpc) is 2.34. The Morgan fingerprint density at radius 3 is 2.50 bits per heavy atom. The van der Waals surface area contributed by atoms with Crippen LogP contribution in [0.25, 0.3) is 0 Å². The van der Waals surface area contributed by atoms with Crippen molar-refractivity contribution < 1.29 is 13.5 Å². The Balaban J connectivity index is 2.60. The van der Waals surface area contributed by atoms with E-state index in [0.717, 1.165) is 23.0 Å². The molecule has 0 bridgehead atoms. The van der Waals surface area contributed by atoms with E-state index in [0.29, 0.717) is 6.54 Å². The topological polar surface area (TPSA) is 21.3 Å². The summed E-state index contributed by atoms with van der Waals surface area (Å²) in [6.07, 6.45) is -1.77. The van der Waals surface area contributed by atoms with Crippen molar-refractivity contribution in [1.29, 1.82) is 0 Å². The van der Waals surface area contributed by atoms with Gasteiger partial charge in [-0.2, -0.15) is 0 Å². The summed E-state index contributed by atoms with van der Waals surface area (Å²) in [5.74, 6) is 0. The SMILES string of the molecule is CCCNCC(OCC(F)F)c1ccc(Br)cc1. The van der Waals surface area contributed by atoms with Crippen molar-refractivity contribution in [1.82, 2.24) is 5.32 Å². The average molecular weight is 322 g/mol. The van der Waals surface area contributed by atoms with Crippen LogP contribution in [0.2, 0.25) is 0 Å². The van der Waals surface area contributed by atoms with E-state index in [2.05, 4.69) is 28.2 Å². The van der Waals surface area contributed by atoms with E-state index < -0.39 is 13.0 Å². The van der Waals surface area contributed by atoms with E-state index in [9.17, 15) is 8.78 Å². The molecule has 5 heteroatoms. The zero-order chi connectivity index (χ0) is 13.4. The van der Waals surface area contributed by atoms with Gasteiger partial charge in [-0.25, -0.2) is 8.78 Å². The van der Waals surface area contributed by atoms with Crippen LogP contribution >= 0.6 is 15.9 Å². The predicted molar refractivity (Wildman–Crippen MR) is 72.0 cm³/mol. The first kappa shape index (κ1) is 15.5. The molecule has 1 aromatic rings. The lowest BCUT2D eigenvalue weighted by Gasteiger charge is -2.19. The monoisotopic (exact) mass is 321 g/mol. The molecule has 0 aliphatic carbocycles. The zero-order valence-corrected chi connectivity index (χ0v) is 11.9. The maximum Gasteiger partial charge on any atom is 0.261 e. The second-order valence-corrected chi connectivity index (χ2v) is 4.88. The van der Waals surface area contributed by atoms with Gasteiger partial charge in [-0.1, -0.05) is 35.0 Å². The molecule has 0 amide bonds. The Morgan fingerprint density at radius 2 is 1.94 bits per heavy atom. The van der Waals surface area contributed by atoms with Crippen LogP contribution in [0, 0.1) is 0 Å². The Labute approximate surface area is 115 Å². The molecule has 1 rings (SSSR count). The molecule has 0 aliphatic heterocycles. The van der Waals surface area contributed by atoms with Crippen LogP contribution in [0.15, 0.2) is 28.7 Å². The maximum absolute atomic E-state index is 12.2. The Hall–Kier alpha value is -0.520. The lowest BCUT2D eigenvalue weighted by atomic mass is 10.1. The van der Waals surface area contributed by atoms with Gasteiger partial charge in [-0.3, -0.25) is 0 Å². The third-order valence-electron chi connectivity index (χ3n) is 2.42. The van der Waals surface area contributed by atoms with Crippen molar-refractivity contribution >= 4 is 15.9 Å². The molecule has 0 spiro atoms. The van der Waals surface area contributed by atoms with E-state index in [1.54, 1.807) is 0 Å². The van der Waals surface area contributed by atoms with Crippen LogP contribution in [0.1, 0.15) is 25.0 Å². The fraction of sp³-hybridized carbons (Fsp3) is 0.538. The fourth-order valence-electron chi connectivity index (χ4n) is 1.55. The van der Waals surface area contributed by atoms with Gasteiger partial charge >= 0.3 is 0 Å². The van der Waals surface area contributed by atoms with Gasteiger partial charge in [-0.15, -0.1) is 0 Å². The number of ether oxygens (including phenoxy) is 1. The minimum atomic E-state index is -2.44. The smallest absolute Gasteiger partial charge is 0.261 e. The number of nitrogens with one attached hydrogen (secondary N) is 1. The number of alkyl halides is 2. The van der Waals surface area contributed by atoms with Gasteiger partial charge < -0.3 is 10.1 Å². The number of benzene rings is 1. The highest BCUT2D eigenvalue weighted by molar-refractivity contribution is 9.10. The van der Waals surface area contributed by atoms with Gasteiger partial charge in [0.1, 0.15) is 6.61 Å². The number of rotatable bonds is 8. The minimum absolute atomic E-state index is 0.335. The molecule has 1 N–H and O–H groups in total. The molecule has 0 saturated heterocycles. The molecule has 18 heavy (non-hydrogen) atoms. The highest BCUT2D eigenvalue weighted by Crippen LogP contribution is 2.20. The summed E-state index contributed by atoms with van der Waals surface area (Å²) in [6.45, 7) is 2.92. The summed E-state index contributed by atoms with van der Waals surface area (Å²) < 4.78 is 30.6. The van der Waals surface area contributed by atoms with E-state index in [1.165, 1.54) is 0 Å². The summed E-state index contributed by atoms with van der Waals surface area (Å²) in [5, 5.41) is 3.19. The van der Waals surface area contributed by atoms with E-state index >= 15 is 0 Å². The fourth-order valence-corrected chi connectivity index (χ4v) is 1.81. The maximum atomic E-state index is 12.2. The summed E-state index contributed by atoms with van der Waals surface area (Å²) in [7, 11) is 0. The highest BCUT2D eigenvalue weighted by Gasteiger charge is 2.14. The van der Waals surface area contributed by atoms with E-state index in [1.807, 2.05) is 24.3 Å². The zero-order valence-electron chi connectivity index (χ0n) is 10.3. The largest absolute Gasteiger partial charge is 0.366 e. The third-order valence-corrected chi connectivity index (χ3v) is 2.95. The lowest BCUT2D eigenvalue weighted by Crippen LogP contribution is -2.25. The van der Waals surface area contributed by atoms with Crippen molar-refractivity contribution in [3.05, 3.63) is 34.3 Å². The lowest BCUT2D eigenvalue weighted by molar-refractivity contribution is -0.0245. The molecular formula is C13H18BrF2NO. The first-order valence-corrected chi connectivity index (χ1v) is 6.78. The molecule has 0 fully saturated rings. The normalized spacial score (nSPS) is 12.9. The standard InChI is InChI=1S/C13H18BrF2NO/c1-2-7-17-8-12(18-9-13(15)16)10-3-5-11(14)6-4-10/h3-6,12-13,17H,2,7-9H2,1H3. The molecule has 0 saturated carbocycles. The van der Waals surface area contributed by atoms with Gasteiger partial charge in [0.2, 0.25) is 0 Å². The van der Waals surface area contributed by atoms with Crippen LogP contribution in [-0.4, -0.2) is 26.1 Å². The molecular weight excluding hydrogens is 304 g/mol. The Bertz CT molecular complexity index is 332. The van der Waals surface area contributed by atoms with Gasteiger partial charge in [-0.05, 0) is 30.7 Å². The third kappa shape index (κ3) is 5.89. The highest BCUT2D eigenvalue weighted by atomic mass is 79.9. The number of halogens is 3. The van der Waals surface area contributed by atoms with Crippen LogP contribution in [0.5, 0.6) is 0 Å². The quantitative estimate of drug-likeness (QED) is 0.736. The van der Waals surface area contributed by atoms with Crippen molar-refractivity contribution in [3.8, 4) is 0 Å². The first-order chi connectivity index (χ1) is 8.63. The van der Waals surface area contributed by atoms with Crippen LogP contribution < -0.4 is 5.32 Å². The van der Waals surface area contributed by atoms with Crippen LogP contribution in [-0.2, 0) is 4.74 Å². The molecule has 2 nitrogen and oxygen atoms in total. The second kappa shape index (κ2) is 8.56. The van der Waals surface area contributed by atoms with Gasteiger partial charge in [0.15, 0.2) is 0 Å². The van der Waals surface area contributed by atoms with E-state index in [4.69, 9.17) is 4.74 Å². The number of hydrogen-bond donors (Lipinski definition) is 1. The van der Waals surface area contributed by atoms with Crippen molar-refractivity contribution in [3.63, 3.8) is 0 Å². The molecule has 0 radical (unpaired) electrons. The Kier molecular flexibility index (Phi) is 7.39.